The minimum Gasteiger partial charge on any atom is -0.471 e. The summed E-state index contributed by atoms with van der Waals surface area (Å²) < 4.78 is 11.1. The van der Waals surface area contributed by atoms with Crippen LogP contribution in [0.15, 0.2) is 60.8 Å². The van der Waals surface area contributed by atoms with Crippen molar-refractivity contribution in [3.8, 4) is 5.88 Å². The van der Waals surface area contributed by atoms with Gasteiger partial charge in [-0.25, -0.2) is 4.98 Å². The second-order valence-corrected chi connectivity index (χ2v) is 8.45. The van der Waals surface area contributed by atoms with Crippen LogP contribution in [0.25, 0.3) is 0 Å². The van der Waals surface area contributed by atoms with Crippen LogP contribution in [0.2, 0.25) is 5.02 Å². The number of rotatable bonds is 9. The quantitative estimate of drug-likeness (QED) is 0.474. The third-order valence-electron chi connectivity index (χ3n) is 5.74. The molecule has 33 heavy (non-hydrogen) atoms. The Bertz CT molecular complexity index is 1100. The molecule has 1 aromatic heterocycles. The van der Waals surface area contributed by atoms with Crippen LogP contribution in [0.5, 0.6) is 5.88 Å². The third kappa shape index (κ3) is 5.53. The van der Waals surface area contributed by atoms with Crippen LogP contribution in [-0.4, -0.2) is 48.8 Å². The van der Waals surface area contributed by atoms with Gasteiger partial charge in [-0.1, -0.05) is 35.9 Å². The second kappa shape index (κ2) is 10.8. The van der Waals surface area contributed by atoms with Crippen LogP contribution < -0.4 is 9.64 Å². The Morgan fingerprint density at radius 1 is 1.18 bits per heavy atom. The van der Waals surface area contributed by atoms with Crippen LogP contribution in [-0.2, 0) is 17.8 Å². The fourth-order valence-electron chi connectivity index (χ4n) is 4.10. The molecular formula is C26H27ClN2O4. The highest BCUT2D eigenvalue weighted by atomic mass is 35.5. The first kappa shape index (κ1) is 23.2. The number of aliphatic hydroxyl groups excluding tert-OH is 1. The molecule has 4 rings (SSSR count). The van der Waals surface area contributed by atoms with E-state index in [9.17, 15) is 9.90 Å². The minimum absolute atomic E-state index is 0.00761. The molecule has 3 aromatic rings. The average Bonchev–Trinajstić information content (AvgIpc) is 3.29. The molecule has 172 valence electrons. The number of carbonyl (C=O) groups is 1. The molecule has 6 nitrogen and oxygen atoms in total. The molecule has 0 aliphatic carbocycles. The Morgan fingerprint density at radius 2 is 1.97 bits per heavy atom. The zero-order valence-corrected chi connectivity index (χ0v) is 19.3. The first-order valence-corrected chi connectivity index (χ1v) is 11.4. The molecule has 1 aliphatic heterocycles. The number of hydrogen-bond acceptors (Lipinski definition) is 6. The maximum Gasteiger partial charge on any atom is 0.232 e. The van der Waals surface area contributed by atoms with E-state index in [-0.39, 0.29) is 18.5 Å². The maximum atomic E-state index is 13.0. The first-order chi connectivity index (χ1) is 16.1. The number of ketones is 1. The lowest BCUT2D eigenvalue weighted by molar-refractivity contribution is 0.103. The Hall–Kier alpha value is -2.93. The predicted molar refractivity (Wildman–Crippen MR) is 128 cm³/mol. The van der Waals surface area contributed by atoms with Gasteiger partial charge in [0.1, 0.15) is 11.1 Å². The smallest absolute Gasteiger partial charge is 0.232 e. The summed E-state index contributed by atoms with van der Waals surface area (Å²) in [5.74, 6) is 0.399. The van der Waals surface area contributed by atoms with Crippen molar-refractivity contribution in [3.63, 3.8) is 0 Å². The van der Waals surface area contributed by atoms with Crippen molar-refractivity contribution in [1.82, 2.24) is 4.98 Å². The van der Waals surface area contributed by atoms with Crippen molar-refractivity contribution in [2.45, 2.75) is 25.6 Å². The van der Waals surface area contributed by atoms with E-state index in [4.69, 9.17) is 21.1 Å². The Kier molecular flexibility index (Phi) is 7.60. The van der Waals surface area contributed by atoms with E-state index < -0.39 is 0 Å². The SMILES string of the molecule is COCc1ccc(C(=O)c2ccc(N3CC[C@H](Oc4ncccc4Cl)C3)c(CCO)c2)cc1. The summed E-state index contributed by atoms with van der Waals surface area (Å²) in [6, 6.07) is 16.7. The summed E-state index contributed by atoms with van der Waals surface area (Å²) in [4.78, 5) is 19.5. The van der Waals surface area contributed by atoms with Crippen molar-refractivity contribution in [3.05, 3.63) is 88.1 Å². The van der Waals surface area contributed by atoms with Crippen molar-refractivity contribution in [2.75, 3.05) is 31.7 Å². The molecular weight excluding hydrogens is 440 g/mol. The van der Waals surface area contributed by atoms with Gasteiger partial charge in [0.25, 0.3) is 0 Å². The number of halogens is 1. The number of nitrogens with zero attached hydrogens (tertiary/aromatic N) is 2. The molecule has 0 spiro atoms. The van der Waals surface area contributed by atoms with E-state index in [1.807, 2.05) is 42.5 Å². The van der Waals surface area contributed by atoms with E-state index >= 15 is 0 Å². The van der Waals surface area contributed by atoms with Gasteiger partial charge in [0.05, 0.1) is 13.2 Å². The molecule has 0 saturated carbocycles. The van der Waals surface area contributed by atoms with Gasteiger partial charge in [-0.15, -0.1) is 0 Å². The molecule has 0 amide bonds. The van der Waals surface area contributed by atoms with Gasteiger partial charge in [0.2, 0.25) is 5.88 Å². The zero-order valence-electron chi connectivity index (χ0n) is 18.5. The number of hydrogen-bond donors (Lipinski definition) is 1. The van der Waals surface area contributed by atoms with Gasteiger partial charge in [-0.3, -0.25) is 4.79 Å². The highest BCUT2D eigenvalue weighted by molar-refractivity contribution is 6.31. The van der Waals surface area contributed by atoms with E-state index in [1.165, 1.54) is 0 Å². The second-order valence-electron chi connectivity index (χ2n) is 8.04. The van der Waals surface area contributed by atoms with Crippen molar-refractivity contribution in [1.29, 1.82) is 0 Å². The number of aliphatic hydroxyl groups is 1. The number of carbonyl (C=O) groups excluding carboxylic acids is 1. The fraction of sp³-hybridized carbons (Fsp3) is 0.308. The fourth-order valence-corrected chi connectivity index (χ4v) is 4.27. The predicted octanol–water partition coefficient (Wildman–Crippen LogP) is 4.30. The maximum absolute atomic E-state index is 13.0. The van der Waals surface area contributed by atoms with Gasteiger partial charge in [-0.2, -0.15) is 0 Å². The lowest BCUT2D eigenvalue weighted by Gasteiger charge is -2.23. The summed E-state index contributed by atoms with van der Waals surface area (Å²) in [6.45, 7) is 2.01. The largest absolute Gasteiger partial charge is 0.471 e. The molecule has 0 bridgehead atoms. The number of benzene rings is 2. The number of ether oxygens (including phenoxy) is 2. The molecule has 1 atom stereocenters. The summed E-state index contributed by atoms with van der Waals surface area (Å²) in [5, 5.41) is 10.1. The van der Waals surface area contributed by atoms with E-state index in [0.29, 0.717) is 41.6 Å². The Labute approximate surface area is 198 Å². The number of aromatic nitrogens is 1. The highest BCUT2D eigenvalue weighted by Crippen LogP contribution is 2.30. The normalized spacial score (nSPS) is 15.6. The van der Waals surface area contributed by atoms with Crippen molar-refractivity contribution >= 4 is 23.1 Å². The molecule has 2 heterocycles. The molecule has 0 unspecified atom stereocenters. The van der Waals surface area contributed by atoms with Crippen LogP contribution in [0.4, 0.5) is 5.69 Å². The standard InChI is InChI=1S/C26H27ClN2O4/c1-32-17-18-4-6-19(7-5-18)25(31)21-8-9-24(20(15-21)11-14-30)29-13-10-22(16-29)33-26-23(27)3-2-12-28-26/h2-9,12,15,22,30H,10-11,13-14,16-17H2,1H3/t22-/m0/s1. The lowest BCUT2D eigenvalue weighted by Crippen LogP contribution is -2.26. The van der Waals surface area contributed by atoms with Crippen LogP contribution >= 0.6 is 11.6 Å². The molecule has 0 radical (unpaired) electrons. The molecule has 1 saturated heterocycles. The van der Waals surface area contributed by atoms with E-state index in [1.54, 1.807) is 25.4 Å². The van der Waals surface area contributed by atoms with Crippen LogP contribution in [0, 0.1) is 0 Å². The highest BCUT2D eigenvalue weighted by Gasteiger charge is 2.27. The Morgan fingerprint density at radius 3 is 2.70 bits per heavy atom. The van der Waals surface area contributed by atoms with E-state index in [2.05, 4.69) is 9.88 Å². The van der Waals surface area contributed by atoms with Crippen molar-refractivity contribution < 1.29 is 19.4 Å². The van der Waals surface area contributed by atoms with Gasteiger partial charge >= 0.3 is 0 Å². The number of pyridine rings is 1. The average molecular weight is 467 g/mol. The zero-order chi connectivity index (χ0) is 23.2. The van der Waals surface area contributed by atoms with Crippen LogP contribution in [0.3, 0.4) is 0 Å². The lowest BCUT2D eigenvalue weighted by atomic mass is 9.98. The number of anilines is 1. The van der Waals surface area contributed by atoms with Gasteiger partial charge in [-0.05, 0) is 47.9 Å². The van der Waals surface area contributed by atoms with Gasteiger partial charge in [0.15, 0.2) is 5.78 Å². The van der Waals surface area contributed by atoms with Gasteiger partial charge < -0.3 is 19.5 Å². The third-order valence-corrected chi connectivity index (χ3v) is 6.03. The van der Waals surface area contributed by atoms with Gasteiger partial charge in [0, 0.05) is 49.7 Å². The minimum atomic E-state index is -0.0443. The summed E-state index contributed by atoms with van der Waals surface area (Å²) >= 11 is 6.18. The Balaban J connectivity index is 1.50. The first-order valence-electron chi connectivity index (χ1n) is 11.0. The van der Waals surface area contributed by atoms with E-state index in [0.717, 1.165) is 29.8 Å². The summed E-state index contributed by atoms with van der Waals surface area (Å²) in [6.07, 6.45) is 2.93. The molecule has 1 fully saturated rings. The summed E-state index contributed by atoms with van der Waals surface area (Å²) in [5.41, 5.74) is 4.20. The molecule has 1 N–H and O–H groups in total. The van der Waals surface area contributed by atoms with Crippen LogP contribution in [0.1, 0.15) is 33.5 Å². The molecule has 7 heteroatoms. The molecule has 2 aromatic carbocycles. The molecule has 1 aliphatic rings. The topological polar surface area (TPSA) is 71.9 Å². The number of methoxy groups -OCH3 is 1. The van der Waals surface area contributed by atoms with Crippen molar-refractivity contribution in [2.24, 2.45) is 0 Å². The summed E-state index contributed by atoms with van der Waals surface area (Å²) in [7, 11) is 1.64. The monoisotopic (exact) mass is 466 g/mol.